The zero-order valence-electron chi connectivity index (χ0n) is 16.0. The van der Waals surface area contributed by atoms with Crippen molar-refractivity contribution in [2.24, 2.45) is 5.92 Å². The van der Waals surface area contributed by atoms with Gasteiger partial charge in [0, 0.05) is 24.7 Å². The second-order valence-electron chi connectivity index (χ2n) is 7.23. The van der Waals surface area contributed by atoms with Crippen LogP contribution in [0.15, 0.2) is 47.4 Å². The van der Waals surface area contributed by atoms with Crippen LogP contribution in [0, 0.1) is 26.7 Å². The summed E-state index contributed by atoms with van der Waals surface area (Å²) in [6.07, 6.45) is 1.06. The van der Waals surface area contributed by atoms with Crippen LogP contribution in [0.2, 0.25) is 0 Å². The smallest absolute Gasteiger partial charge is 0.243 e. The molecule has 2 aromatic carbocycles. The molecule has 1 fully saturated rings. The first kappa shape index (κ1) is 19.6. The number of amides is 1. The molecule has 3 rings (SSSR count). The van der Waals surface area contributed by atoms with E-state index >= 15 is 0 Å². The zero-order chi connectivity index (χ0) is 19.6. The number of aryl methyl sites for hydroxylation is 3. The molecule has 1 saturated heterocycles. The lowest BCUT2D eigenvalue weighted by Gasteiger charge is -2.31. The lowest BCUT2D eigenvalue weighted by molar-refractivity contribution is -0.120. The van der Waals surface area contributed by atoms with Crippen molar-refractivity contribution in [2.75, 3.05) is 18.4 Å². The van der Waals surface area contributed by atoms with Crippen LogP contribution in [-0.2, 0) is 14.8 Å². The van der Waals surface area contributed by atoms with Crippen LogP contribution in [0.25, 0.3) is 0 Å². The second kappa shape index (κ2) is 7.82. The fourth-order valence-corrected chi connectivity index (χ4v) is 5.10. The number of benzene rings is 2. The molecule has 1 N–H and O–H groups in total. The number of hydrogen-bond acceptors (Lipinski definition) is 3. The fourth-order valence-electron chi connectivity index (χ4n) is 3.41. The Kier molecular flexibility index (Phi) is 5.67. The number of carbonyl (C=O) groups excluding carboxylic acids is 1. The number of anilines is 1. The molecule has 0 atom stereocenters. The highest BCUT2D eigenvalue weighted by Gasteiger charge is 2.32. The first-order chi connectivity index (χ1) is 12.8. The van der Waals surface area contributed by atoms with Crippen LogP contribution >= 0.6 is 0 Å². The quantitative estimate of drug-likeness (QED) is 0.872. The standard InChI is InChI=1S/C21H26N2O3S/c1-15-8-9-19(14-17(15)3)22-21(24)18-10-12-23(13-11-18)27(25,26)20-7-5-4-6-16(20)2/h4-9,14,18H,10-13H2,1-3H3,(H,22,24). The lowest BCUT2D eigenvalue weighted by atomic mass is 9.97. The summed E-state index contributed by atoms with van der Waals surface area (Å²) in [5.41, 5.74) is 3.85. The van der Waals surface area contributed by atoms with Crippen molar-refractivity contribution in [3.05, 3.63) is 59.2 Å². The van der Waals surface area contributed by atoms with Crippen molar-refractivity contribution in [2.45, 2.75) is 38.5 Å². The number of rotatable bonds is 4. The summed E-state index contributed by atoms with van der Waals surface area (Å²) in [7, 11) is -3.51. The number of piperidine rings is 1. The Balaban J connectivity index is 1.63. The molecule has 1 heterocycles. The van der Waals surface area contributed by atoms with E-state index in [2.05, 4.69) is 5.32 Å². The van der Waals surface area contributed by atoms with Gasteiger partial charge in [-0.3, -0.25) is 4.79 Å². The van der Waals surface area contributed by atoms with E-state index in [0.29, 0.717) is 30.8 Å². The predicted octanol–water partition coefficient (Wildman–Crippen LogP) is 3.65. The molecule has 1 aliphatic rings. The van der Waals surface area contributed by atoms with Crippen LogP contribution in [0.4, 0.5) is 5.69 Å². The highest BCUT2D eigenvalue weighted by molar-refractivity contribution is 7.89. The van der Waals surface area contributed by atoms with E-state index < -0.39 is 10.0 Å². The maximum atomic E-state index is 12.9. The average Bonchev–Trinajstić information content (AvgIpc) is 2.65. The molecule has 0 aromatic heterocycles. The normalized spacial score (nSPS) is 16.3. The monoisotopic (exact) mass is 386 g/mol. The van der Waals surface area contributed by atoms with Crippen molar-refractivity contribution in [3.63, 3.8) is 0 Å². The molecule has 0 aliphatic carbocycles. The van der Waals surface area contributed by atoms with Gasteiger partial charge in [-0.25, -0.2) is 8.42 Å². The molecule has 0 spiro atoms. The van der Waals surface area contributed by atoms with E-state index in [9.17, 15) is 13.2 Å². The molecule has 5 nitrogen and oxygen atoms in total. The predicted molar refractivity (Wildman–Crippen MR) is 107 cm³/mol. The van der Waals surface area contributed by atoms with Gasteiger partial charge in [0.25, 0.3) is 0 Å². The summed E-state index contributed by atoms with van der Waals surface area (Å²) in [5.74, 6) is -0.207. The largest absolute Gasteiger partial charge is 0.326 e. The first-order valence-electron chi connectivity index (χ1n) is 9.23. The number of carbonyl (C=O) groups is 1. The van der Waals surface area contributed by atoms with E-state index in [0.717, 1.165) is 16.8 Å². The van der Waals surface area contributed by atoms with Gasteiger partial charge >= 0.3 is 0 Å². The van der Waals surface area contributed by atoms with Gasteiger partial charge in [0.1, 0.15) is 0 Å². The molecular formula is C21H26N2O3S. The topological polar surface area (TPSA) is 66.5 Å². The van der Waals surface area contributed by atoms with Crippen LogP contribution < -0.4 is 5.32 Å². The molecule has 0 bridgehead atoms. The minimum atomic E-state index is -3.51. The van der Waals surface area contributed by atoms with Crippen LogP contribution in [-0.4, -0.2) is 31.7 Å². The van der Waals surface area contributed by atoms with Gasteiger partial charge in [0.05, 0.1) is 4.90 Å². The average molecular weight is 387 g/mol. The second-order valence-corrected chi connectivity index (χ2v) is 9.14. The summed E-state index contributed by atoms with van der Waals surface area (Å²) in [6, 6.07) is 12.9. The van der Waals surface area contributed by atoms with Gasteiger partial charge in [0.2, 0.25) is 15.9 Å². The van der Waals surface area contributed by atoms with Crippen LogP contribution in [0.5, 0.6) is 0 Å². The molecule has 2 aromatic rings. The maximum Gasteiger partial charge on any atom is 0.243 e. The number of sulfonamides is 1. The van der Waals surface area contributed by atoms with Gasteiger partial charge in [-0.2, -0.15) is 4.31 Å². The third-order valence-electron chi connectivity index (χ3n) is 5.31. The molecule has 1 amide bonds. The Morgan fingerprint density at radius 3 is 2.26 bits per heavy atom. The first-order valence-corrected chi connectivity index (χ1v) is 10.7. The van der Waals surface area contributed by atoms with Crippen molar-refractivity contribution >= 4 is 21.6 Å². The minimum absolute atomic E-state index is 0.0359. The molecule has 0 saturated carbocycles. The van der Waals surface area contributed by atoms with Gasteiger partial charge in [-0.1, -0.05) is 24.3 Å². The molecule has 144 valence electrons. The molecular weight excluding hydrogens is 360 g/mol. The van der Waals surface area contributed by atoms with Crippen LogP contribution in [0.3, 0.4) is 0 Å². The molecule has 6 heteroatoms. The van der Waals surface area contributed by atoms with Crippen molar-refractivity contribution < 1.29 is 13.2 Å². The van der Waals surface area contributed by atoms with Gasteiger partial charge in [0.15, 0.2) is 0 Å². The zero-order valence-corrected chi connectivity index (χ0v) is 16.8. The highest BCUT2D eigenvalue weighted by atomic mass is 32.2. The molecule has 0 unspecified atom stereocenters. The third kappa shape index (κ3) is 4.22. The van der Waals surface area contributed by atoms with E-state index in [1.54, 1.807) is 25.1 Å². The van der Waals surface area contributed by atoms with E-state index in [-0.39, 0.29) is 11.8 Å². The van der Waals surface area contributed by atoms with Gasteiger partial charge in [-0.15, -0.1) is 0 Å². The number of nitrogens with one attached hydrogen (secondary N) is 1. The molecule has 0 radical (unpaired) electrons. The van der Waals surface area contributed by atoms with Crippen LogP contribution in [0.1, 0.15) is 29.5 Å². The molecule has 27 heavy (non-hydrogen) atoms. The van der Waals surface area contributed by atoms with E-state index in [1.807, 2.05) is 38.1 Å². The fraction of sp³-hybridized carbons (Fsp3) is 0.381. The summed E-state index contributed by atoms with van der Waals surface area (Å²) in [6.45, 7) is 6.57. The highest BCUT2D eigenvalue weighted by Crippen LogP contribution is 2.26. The maximum absolute atomic E-state index is 12.9. The van der Waals surface area contributed by atoms with E-state index in [1.165, 1.54) is 9.87 Å². The van der Waals surface area contributed by atoms with Gasteiger partial charge < -0.3 is 5.32 Å². The summed E-state index contributed by atoms with van der Waals surface area (Å²) >= 11 is 0. The van der Waals surface area contributed by atoms with Crippen molar-refractivity contribution in [1.29, 1.82) is 0 Å². The Bertz CT molecular complexity index is 946. The third-order valence-corrected chi connectivity index (χ3v) is 7.37. The summed E-state index contributed by atoms with van der Waals surface area (Å²) < 4.78 is 27.2. The van der Waals surface area contributed by atoms with Crippen molar-refractivity contribution in [3.8, 4) is 0 Å². The Hall–Kier alpha value is -2.18. The van der Waals surface area contributed by atoms with Crippen molar-refractivity contribution in [1.82, 2.24) is 4.31 Å². The SMILES string of the molecule is Cc1ccc(NC(=O)C2CCN(S(=O)(=O)c3ccccc3C)CC2)cc1C. The Labute approximate surface area is 161 Å². The minimum Gasteiger partial charge on any atom is -0.326 e. The Morgan fingerprint density at radius 2 is 1.63 bits per heavy atom. The number of nitrogens with zero attached hydrogens (tertiary/aromatic N) is 1. The lowest BCUT2D eigenvalue weighted by Crippen LogP contribution is -2.41. The summed E-state index contributed by atoms with van der Waals surface area (Å²) in [4.78, 5) is 12.9. The van der Waals surface area contributed by atoms with E-state index in [4.69, 9.17) is 0 Å². The number of hydrogen-bond donors (Lipinski definition) is 1. The molecule has 1 aliphatic heterocycles. The van der Waals surface area contributed by atoms with Gasteiger partial charge in [-0.05, 0) is 68.5 Å². The Morgan fingerprint density at radius 1 is 0.963 bits per heavy atom. The summed E-state index contributed by atoms with van der Waals surface area (Å²) in [5, 5.41) is 2.97.